The van der Waals surface area contributed by atoms with Gasteiger partial charge >= 0.3 is 5.97 Å². The summed E-state index contributed by atoms with van der Waals surface area (Å²) in [6.07, 6.45) is 5.00. The molecule has 0 bridgehead atoms. The smallest absolute Gasteiger partial charge is 0.328 e. The molecule has 0 saturated carbocycles. The third-order valence-corrected chi connectivity index (χ3v) is 5.50. The van der Waals surface area contributed by atoms with E-state index in [4.69, 9.17) is 9.84 Å². The lowest BCUT2D eigenvalue weighted by molar-refractivity contribution is -0.131. The summed E-state index contributed by atoms with van der Waals surface area (Å²) >= 11 is 0. The number of aromatic nitrogens is 2. The van der Waals surface area contributed by atoms with Crippen molar-refractivity contribution in [1.82, 2.24) is 10.2 Å². The number of methoxy groups -OCH3 is 1. The first kappa shape index (κ1) is 22.0. The molecule has 0 amide bonds. The number of fused-ring (bicyclic) bond motifs is 1. The lowest BCUT2D eigenvalue weighted by Gasteiger charge is -2.17. The van der Waals surface area contributed by atoms with Crippen LogP contribution in [0.3, 0.4) is 0 Å². The Balaban J connectivity index is 1.92. The second kappa shape index (κ2) is 9.53. The minimum Gasteiger partial charge on any atom is -0.497 e. The van der Waals surface area contributed by atoms with Gasteiger partial charge in [0.2, 0.25) is 0 Å². The summed E-state index contributed by atoms with van der Waals surface area (Å²) in [7, 11) is 1.51. The van der Waals surface area contributed by atoms with E-state index >= 15 is 4.39 Å². The zero-order valence-corrected chi connectivity index (χ0v) is 18.3. The maximum Gasteiger partial charge on any atom is 0.328 e. The van der Waals surface area contributed by atoms with Crippen molar-refractivity contribution in [1.29, 1.82) is 0 Å². The Labute approximate surface area is 190 Å². The van der Waals surface area contributed by atoms with Gasteiger partial charge in [-0.2, -0.15) is 5.10 Å². The number of benzene rings is 3. The van der Waals surface area contributed by atoms with Crippen molar-refractivity contribution in [2.24, 2.45) is 0 Å². The molecule has 0 aliphatic rings. The molecule has 2 N–H and O–H groups in total. The number of ether oxygens (including phenoxy) is 1. The number of hydrogen-bond donors (Lipinski definition) is 2. The minimum atomic E-state index is -1.00. The first-order valence-electron chi connectivity index (χ1n) is 10.5. The summed E-state index contributed by atoms with van der Waals surface area (Å²) < 4.78 is 20.3. The van der Waals surface area contributed by atoms with Gasteiger partial charge in [-0.15, -0.1) is 0 Å². The molecule has 1 heterocycles. The van der Waals surface area contributed by atoms with Gasteiger partial charge in [-0.3, -0.25) is 5.10 Å². The quantitative estimate of drug-likeness (QED) is 0.265. The molecule has 0 unspecified atom stereocenters. The average molecular weight is 442 g/mol. The monoisotopic (exact) mass is 442 g/mol. The molecule has 0 aliphatic heterocycles. The number of aromatic amines is 1. The predicted molar refractivity (Wildman–Crippen MR) is 128 cm³/mol. The van der Waals surface area contributed by atoms with Gasteiger partial charge < -0.3 is 9.84 Å². The normalized spacial score (nSPS) is 12.2. The van der Waals surface area contributed by atoms with Crippen LogP contribution in [0.1, 0.15) is 35.6 Å². The first-order chi connectivity index (χ1) is 16.0. The van der Waals surface area contributed by atoms with Crippen molar-refractivity contribution in [2.45, 2.75) is 13.3 Å². The van der Waals surface area contributed by atoms with Crippen LogP contribution in [0.4, 0.5) is 4.39 Å². The maximum absolute atomic E-state index is 15.1. The predicted octanol–water partition coefficient (Wildman–Crippen LogP) is 6.18. The standard InChI is InChI=1S/C27H23FN2O3/c1-3-22(23-11-10-21(33-2)15-24(23)28)27(19-9-12-25-20(14-19)16-29-30-25)18-7-4-17(5-8-18)6-13-26(31)32/h4-16H,3H2,1-2H3,(H,29,30)(H,31,32)/b13-6?,27-22-. The van der Waals surface area contributed by atoms with Crippen LogP contribution in [0.15, 0.2) is 72.9 Å². The average Bonchev–Trinajstić information content (AvgIpc) is 3.30. The van der Waals surface area contributed by atoms with Crippen molar-refractivity contribution in [3.05, 3.63) is 101 Å². The number of allylic oxidation sites excluding steroid dienone is 1. The molecule has 0 aliphatic carbocycles. The molecular formula is C27H23FN2O3. The summed E-state index contributed by atoms with van der Waals surface area (Å²) in [4.78, 5) is 10.8. The highest BCUT2D eigenvalue weighted by atomic mass is 19.1. The van der Waals surface area contributed by atoms with Gasteiger partial charge in [0.25, 0.3) is 0 Å². The molecule has 0 radical (unpaired) electrons. The SMILES string of the molecule is CC/C(=C(\c1ccc(C=CC(=O)O)cc1)c1ccc2[nH]ncc2c1)c1ccc(OC)cc1F. The van der Waals surface area contributed by atoms with E-state index in [2.05, 4.69) is 10.2 Å². The first-order valence-corrected chi connectivity index (χ1v) is 10.5. The zero-order valence-electron chi connectivity index (χ0n) is 18.3. The fourth-order valence-electron chi connectivity index (χ4n) is 3.91. The second-order valence-electron chi connectivity index (χ2n) is 7.52. The summed E-state index contributed by atoms with van der Waals surface area (Å²) in [6, 6.07) is 18.4. The largest absolute Gasteiger partial charge is 0.497 e. The van der Waals surface area contributed by atoms with E-state index in [0.29, 0.717) is 17.7 Å². The Kier molecular flexibility index (Phi) is 6.36. The van der Waals surface area contributed by atoms with E-state index < -0.39 is 5.97 Å². The molecule has 1 aromatic heterocycles. The Morgan fingerprint density at radius 1 is 1.09 bits per heavy atom. The van der Waals surface area contributed by atoms with Gasteiger partial charge in [-0.25, -0.2) is 9.18 Å². The zero-order chi connectivity index (χ0) is 23.4. The van der Waals surface area contributed by atoms with Gasteiger partial charge in [-0.05, 0) is 64.6 Å². The van der Waals surface area contributed by atoms with Crippen LogP contribution in [0.2, 0.25) is 0 Å². The fraction of sp³-hybridized carbons (Fsp3) is 0.111. The highest BCUT2D eigenvalue weighted by Crippen LogP contribution is 2.37. The third kappa shape index (κ3) is 4.70. The van der Waals surface area contributed by atoms with Crippen molar-refractivity contribution >= 4 is 34.1 Å². The van der Waals surface area contributed by atoms with E-state index in [1.807, 2.05) is 49.4 Å². The molecule has 0 saturated heterocycles. The number of aliphatic carboxylic acids is 1. The van der Waals surface area contributed by atoms with Crippen LogP contribution in [0.25, 0.3) is 28.1 Å². The number of H-pyrrole nitrogens is 1. The Morgan fingerprint density at radius 2 is 1.85 bits per heavy atom. The van der Waals surface area contributed by atoms with E-state index in [-0.39, 0.29) is 5.82 Å². The lowest BCUT2D eigenvalue weighted by Crippen LogP contribution is -1.98. The van der Waals surface area contributed by atoms with Gasteiger partial charge in [0.05, 0.1) is 18.8 Å². The number of nitrogens with one attached hydrogen (secondary N) is 1. The maximum atomic E-state index is 15.1. The van der Waals surface area contributed by atoms with Crippen LogP contribution in [-0.2, 0) is 4.79 Å². The Morgan fingerprint density at radius 3 is 2.52 bits per heavy atom. The number of hydrogen-bond acceptors (Lipinski definition) is 3. The Bertz CT molecular complexity index is 1370. The van der Waals surface area contributed by atoms with E-state index in [0.717, 1.165) is 44.8 Å². The van der Waals surface area contributed by atoms with E-state index in [1.165, 1.54) is 19.3 Å². The third-order valence-electron chi connectivity index (χ3n) is 5.50. The summed E-state index contributed by atoms with van der Waals surface area (Å²) in [5.41, 5.74) is 5.78. The molecule has 3 aromatic carbocycles. The highest BCUT2D eigenvalue weighted by Gasteiger charge is 2.17. The molecule has 33 heavy (non-hydrogen) atoms. The second-order valence-corrected chi connectivity index (χ2v) is 7.52. The summed E-state index contributed by atoms with van der Waals surface area (Å²) in [6.45, 7) is 2.00. The molecule has 0 atom stereocenters. The number of rotatable bonds is 7. The highest BCUT2D eigenvalue weighted by molar-refractivity contribution is 6.00. The van der Waals surface area contributed by atoms with Crippen LogP contribution in [0, 0.1) is 5.82 Å². The van der Waals surface area contributed by atoms with Crippen LogP contribution < -0.4 is 4.74 Å². The number of carbonyl (C=O) groups is 1. The molecule has 0 spiro atoms. The van der Waals surface area contributed by atoms with E-state index in [1.54, 1.807) is 18.3 Å². The Hall–Kier alpha value is -4.19. The summed E-state index contributed by atoms with van der Waals surface area (Å²) in [5, 5.41) is 16.9. The molecule has 5 nitrogen and oxygen atoms in total. The number of carboxylic acids is 1. The van der Waals surface area contributed by atoms with E-state index in [9.17, 15) is 4.79 Å². The molecule has 0 fully saturated rings. The van der Waals surface area contributed by atoms with Crippen molar-refractivity contribution in [3.63, 3.8) is 0 Å². The molecule has 4 aromatic rings. The minimum absolute atomic E-state index is 0.353. The molecule has 166 valence electrons. The van der Waals surface area contributed by atoms with Crippen LogP contribution >= 0.6 is 0 Å². The van der Waals surface area contributed by atoms with Crippen molar-refractivity contribution in [2.75, 3.05) is 7.11 Å². The van der Waals surface area contributed by atoms with Crippen LogP contribution in [0.5, 0.6) is 5.75 Å². The molecule has 4 rings (SSSR count). The van der Waals surface area contributed by atoms with Gasteiger partial charge in [-0.1, -0.05) is 37.3 Å². The summed E-state index contributed by atoms with van der Waals surface area (Å²) in [5.74, 6) is -0.895. The topological polar surface area (TPSA) is 75.2 Å². The lowest BCUT2D eigenvalue weighted by atomic mass is 9.87. The van der Waals surface area contributed by atoms with Crippen LogP contribution in [-0.4, -0.2) is 28.4 Å². The number of halogens is 1. The van der Waals surface area contributed by atoms with Crippen molar-refractivity contribution < 1.29 is 19.0 Å². The number of nitrogens with zero attached hydrogens (tertiary/aromatic N) is 1. The van der Waals surface area contributed by atoms with Crippen molar-refractivity contribution in [3.8, 4) is 5.75 Å². The number of carboxylic acid groups (broad SMARTS) is 1. The van der Waals surface area contributed by atoms with Gasteiger partial charge in [0, 0.05) is 23.1 Å². The van der Waals surface area contributed by atoms with Gasteiger partial charge in [0.1, 0.15) is 11.6 Å². The molecular weight excluding hydrogens is 419 g/mol. The fourth-order valence-corrected chi connectivity index (χ4v) is 3.91. The molecule has 6 heteroatoms. The van der Waals surface area contributed by atoms with Gasteiger partial charge in [0.15, 0.2) is 0 Å².